The number of halogens is 1. The topological polar surface area (TPSA) is 98.1 Å². The van der Waals surface area contributed by atoms with Gasteiger partial charge >= 0.3 is 0 Å². The first-order valence-corrected chi connectivity index (χ1v) is 14.6. The van der Waals surface area contributed by atoms with Crippen LogP contribution in [0.5, 0.6) is 5.75 Å². The molecular formula is C30H40BrNO5. The molecule has 1 saturated heterocycles. The van der Waals surface area contributed by atoms with E-state index in [0.29, 0.717) is 24.8 Å². The molecule has 0 radical (unpaired) electrons. The molecule has 6 nitrogen and oxygen atoms in total. The summed E-state index contributed by atoms with van der Waals surface area (Å²) in [6.45, 7) is 3.79. The molecule has 202 valence electrons. The SMILES string of the molecule is CCCC1=C([C@H](O)CC/C(C)=C/c2cc(Br)ccc2O)[C@H](CO)[C@@H]2C(=O)N(C3CCCCC3)C(=O)[C@@H]2C1. The summed E-state index contributed by atoms with van der Waals surface area (Å²) >= 11 is 3.43. The highest BCUT2D eigenvalue weighted by molar-refractivity contribution is 9.10. The zero-order valence-electron chi connectivity index (χ0n) is 22.0. The molecule has 4 atom stereocenters. The summed E-state index contributed by atoms with van der Waals surface area (Å²) in [4.78, 5) is 28.7. The lowest BCUT2D eigenvalue weighted by atomic mass is 9.67. The molecule has 3 N–H and O–H groups in total. The smallest absolute Gasteiger partial charge is 0.234 e. The third kappa shape index (κ3) is 5.89. The quantitative estimate of drug-likeness (QED) is 0.258. The number of phenolic OH excluding ortho intramolecular Hbond substituents is 1. The van der Waals surface area contributed by atoms with Crippen LogP contribution in [0.3, 0.4) is 0 Å². The van der Waals surface area contributed by atoms with Crippen LogP contribution < -0.4 is 0 Å². The maximum Gasteiger partial charge on any atom is 0.234 e. The van der Waals surface area contributed by atoms with Crippen molar-refractivity contribution in [2.45, 2.75) is 90.2 Å². The van der Waals surface area contributed by atoms with Crippen LogP contribution in [-0.2, 0) is 9.59 Å². The summed E-state index contributed by atoms with van der Waals surface area (Å²) in [5.74, 6) is -1.57. The minimum Gasteiger partial charge on any atom is -0.507 e. The van der Waals surface area contributed by atoms with Gasteiger partial charge in [-0.3, -0.25) is 14.5 Å². The number of rotatable bonds is 9. The Morgan fingerprint density at radius 3 is 2.59 bits per heavy atom. The van der Waals surface area contributed by atoms with Crippen LogP contribution in [0.2, 0.25) is 0 Å². The number of allylic oxidation sites excluding steroid dienone is 2. The highest BCUT2D eigenvalue weighted by Gasteiger charge is 2.56. The fourth-order valence-electron chi connectivity index (χ4n) is 6.72. The average molecular weight is 575 g/mol. The maximum absolute atomic E-state index is 13.6. The number of aliphatic hydroxyl groups excluding tert-OH is 2. The highest BCUT2D eigenvalue weighted by Crippen LogP contribution is 2.48. The van der Waals surface area contributed by atoms with Crippen molar-refractivity contribution in [2.24, 2.45) is 17.8 Å². The molecule has 4 rings (SSSR count). The van der Waals surface area contributed by atoms with Gasteiger partial charge in [0.2, 0.25) is 11.8 Å². The number of hydrogen-bond acceptors (Lipinski definition) is 5. The minimum atomic E-state index is -0.800. The highest BCUT2D eigenvalue weighted by atomic mass is 79.9. The van der Waals surface area contributed by atoms with E-state index >= 15 is 0 Å². The lowest BCUT2D eigenvalue weighted by Gasteiger charge is -2.36. The third-order valence-corrected chi connectivity index (χ3v) is 8.96. The predicted octanol–water partition coefficient (Wildman–Crippen LogP) is 5.74. The zero-order chi connectivity index (χ0) is 26.7. The van der Waals surface area contributed by atoms with Crippen LogP contribution in [0.1, 0.15) is 83.6 Å². The molecule has 37 heavy (non-hydrogen) atoms. The van der Waals surface area contributed by atoms with Crippen molar-refractivity contribution in [3.8, 4) is 5.75 Å². The molecule has 2 amide bonds. The molecule has 1 saturated carbocycles. The number of likely N-dealkylation sites (tertiary alicyclic amines) is 1. The minimum absolute atomic E-state index is 0.0242. The van der Waals surface area contributed by atoms with Gasteiger partial charge in [0.15, 0.2) is 0 Å². The molecule has 7 heteroatoms. The Balaban J connectivity index is 1.55. The van der Waals surface area contributed by atoms with Crippen molar-refractivity contribution in [3.05, 3.63) is 45.0 Å². The second-order valence-electron chi connectivity index (χ2n) is 11.0. The maximum atomic E-state index is 13.6. The zero-order valence-corrected chi connectivity index (χ0v) is 23.5. The molecule has 1 aliphatic heterocycles. The number of phenols is 1. The van der Waals surface area contributed by atoms with Gasteiger partial charge in [-0.2, -0.15) is 0 Å². The van der Waals surface area contributed by atoms with E-state index in [1.54, 1.807) is 12.1 Å². The van der Waals surface area contributed by atoms with Crippen LogP contribution in [0.15, 0.2) is 39.4 Å². The van der Waals surface area contributed by atoms with Crippen LogP contribution in [0, 0.1) is 17.8 Å². The van der Waals surface area contributed by atoms with E-state index in [1.807, 2.05) is 19.1 Å². The fourth-order valence-corrected chi connectivity index (χ4v) is 7.10. The van der Waals surface area contributed by atoms with Gasteiger partial charge in [-0.05, 0) is 69.2 Å². The number of carbonyl (C=O) groups is 2. The van der Waals surface area contributed by atoms with E-state index < -0.39 is 23.9 Å². The normalized spacial score (nSPS) is 26.1. The first kappa shape index (κ1) is 28.1. The summed E-state index contributed by atoms with van der Waals surface area (Å²) in [6.07, 6.45) is 9.22. The van der Waals surface area contributed by atoms with E-state index in [9.17, 15) is 24.9 Å². The number of aromatic hydroxyl groups is 1. The lowest BCUT2D eigenvalue weighted by molar-refractivity contribution is -0.143. The van der Waals surface area contributed by atoms with Crippen molar-refractivity contribution in [3.63, 3.8) is 0 Å². The molecule has 1 aromatic rings. The fraction of sp³-hybridized carbons (Fsp3) is 0.600. The van der Waals surface area contributed by atoms with Crippen LogP contribution in [0.25, 0.3) is 6.08 Å². The third-order valence-electron chi connectivity index (χ3n) is 8.47. The summed E-state index contributed by atoms with van der Waals surface area (Å²) in [5.41, 5.74) is 3.53. The Bertz CT molecular complexity index is 1070. The molecule has 2 aliphatic carbocycles. The van der Waals surface area contributed by atoms with E-state index in [-0.39, 0.29) is 30.2 Å². The van der Waals surface area contributed by atoms with Crippen molar-refractivity contribution >= 4 is 33.8 Å². The Morgan fingerprint density at radius 1 is 1.19 bits per heavy atom. The van der Waals surface area contributed by atoms with Gasteiger partial charge in [0.05, 0.1) is 24.5 Å². The molecule has 3 aliphatic rings. The summed E-state index contributed by atoms with van der Waals surface area (Å²) in [5, 5.41) is 32.1. The van der Waals surface area contributed by atoms with E-state index in [1.165, 1.54) is 4.90 Å². The van der Waals surface area contributed by atoms with Gasteiger partial charge in [0.25, 0.3) is 0 Å². The molecule has 0 bridgehead atoms. The van der Waals surface area contributed by atoms with Crippen LogP contribution in [0.4, 0.5) is 0 Å². The molecule has 2 fully saturated rings. The molecular weight excluding hydrogens is 534 g/mol. The van der Waals surface area contributed by atoms with Crippen molar-refractivity contribution in [1.82, 2.24) is 4.90 Å². The van der Waals surface area contributed by atoms with Crippen LogP contribution in [-0.4, -0.2) is 50.8 Å². The van der Waals surface area contributed by atoms with Gasteiger partial charge in [0, 0.05) is 22.0 Å². The van der Waals surface area contributed by atoms with E-state index in [2.05, 4.69) is 22.9 Å². The van der Waals surface area contributed by atoms with E-state index in [4.69, 9.17) is 0 Å². The number of aliphatic hydroxyl groups is 2. The number of carbonyl (C=O) groups excluding carboxylic acids is 2. The largest absolute Gasteiger partial charge is 0.507 e. The molecule has 0 unspecified atom stereocenters. The van der Waals surface area contributed by atoms with Crippen molar-refractivity contribution in [2.75, 3.05) is 6.61 Å². The molecule has 0 aromatic heterocycles. The molecule has 1 aromatic carbocycles. The lowest BCUT2D eigenvalue weighted by Crippen LogP contribution is -2.42. The molecule has 0 spiro atoms. The Kier molecular flexibility index (Phi) is 9.30. The number of imide groups is 1. The van der Waals surface area contributed by atoms with E-state index in [0.717, 1.165) is 66.1 Å². The van der Waals surface area contributed by atoms with Gasteiger partial charge < -0.3 is 15.3 Å². The summed E-state index contributed by atoms with van der Waals surface area (Å²) in [6, 6.07) is 5.24. The Morgan fingerprint density at radius 2 is 1.92 bits per heavy atom. The van der Waals surface area contributed by atoms with Gasteiger partial charge in [0.1, 0.15) is 5.75 Å². The van der Waals surface area contributed by atoms with Crippen molar-refractivity contribution in [1.29, 1.82) is 0 Å². The van der Waals surface area contributed by atoms with Crippen LogP contribution >= 0.6 is 15.9 Å². The van der Waals surface area contributed by atoms with Gasteiger partial charge in [-0.1, -0.05) is 65.8 Å². The standard InChI is InChI=1S/C30H40BrNO5/c1-3-7-19-16-23-28(30(37)32(29(23)36)22-8-5-4-6-9-22)24(17-33)27(19)26(35)12-10-18(2)14-20-15-21(31)11-13-25(20)34/h11,13-15,22-24,26,28,33-35H,3-10,12,16-17H2,1-2H3/b18-14+/t23-,24+,26-,28-/m1/s1. The molecule has 1 heterocycles. The second kappa shape index (κ2) is 12.3. The first-order chi connectivity index (χ1) is 17.8. The second-order valence-corrected chi connectivity index (χ2v) is 11.9. The number of amides is 2. The van der Waals surface area contributed by atoms with Crippen molar-refractivity contribution < 1.29 is 24.9 Å². The predicted molar refractivity (Wildman–Crippen MR) is 148 cm³/mol. The monoisotopic (exact) mass is 573 g/mol. The first-order valence-electron chi connectivity index (χ1n) is 13.8. The number of hydrogen-bond donors (Lipinski definition) is 3. The Hall–Kier alpha value is -1.96. The number of nitrogens with zero attached hydrogens (tertiary/aromatic N) is 1. The van der Waals surface area contributed by atoms with Gasteiger partial charge in [-0.25, -0.2) is 0 Å². The Labute approximate surface area is 228 Å². The number of fused-ring (bicyclic) bond motifs is 1. The summed E-state index contributed by atoms with van der Waals surface area (Å²) < 4.78 is 0.874. The average Bonchev–Trinajstić information content (AvgIpc) is 3.14. The van der Waals surface area contributed by atoms with Gasteiger partial charge in [-0.15, -0.1) is 0 Å². The number of benzene rings is 1. The summed E-state index contributed by atoms with van der Waals surface area (Å²) in [7, 11) is 0.